The molecular weight excluding hydrogens is 360 g/mol. The summed E-state index contributed by atoms with van der Waals surface area (Å²) in [4.78, 5) is 25.6. The number of fused-ring (bicyclic) bond motifs is 5. The Labute approximate surface area is 162 Å². The summed E-state index contributed by atoms with van der Waals surface area (Å²) in [7, 11) is 0. The van der Waals surface area contributed by atoms with Gasteiger partial charge in [-0.15, -0.1) is 16.4 Å². The van der Waals surface area contributed by atoms with E-state index in [1.807, 2.05) is 0 Å². The number of aromatic nitrogens is 4. The van der Waals surface area contributed by atoms with Crippen LogP contribution in [-0.2, 0) is 6.42 Å². The summed E-state index contributed by atoms with van der Waals surface area (Å²) in [6.45, 7) is 10.2. The number of hydrogen-bond donors (Lipinski definition) is 2. The predicted molar refractivity (Wildman–Crippen MR) is 107 cm³/mol. The third-order valence-corrected chi connectivity index (χ3v) is 6.82. The molecule has 0 unspecified atom stereocenters. The smallest absolute Gasteiger partial charge is 0.291 e. The fourth-order valence-corrected chi connectivity index (χ4v) is 5.31. The number of thiophene rings is 1. The van der Waals surface area contributed by atoms with Crippen molar-refractivity contribution in [2.45, 2.75) is 46.0 Å². The first-order valence-electron chi connectivity index (χ1n) is 9.90. The monoisotopic (exact) mass is 387 g/mol. The van der Waals surface area contributed by atoms with Crippen LogP contribution in [0.15, 0.2) is 6.33 Å². The number of hydrogen-bond acceptors (Lipinski definition) is 5. The summed E-state index contributed by atoms with van der Waals surface area (Å²) in [6, 6.07) is 0. The Morgan fingerprint density at radius 1 is 1.41 bits per heavy atom. The van der Waals surface area contributed by atoms with Gasteiger partial charge in [0.1, 0.15) is 11.2 Å². The molecule has 3 aromatic rings. The van der Waals surface area contributed by atoms with Crippen LogP contribution in [0.5, 0.6) is 0 Å². The summed E-state index contributed by atoms with van der Waals surface area (Å²) < 4.78 is 1.65. The van der Waals surface area contributed by atoms with Crippen LogP contribution in [0.4, 0.5) is 0 Å². The molecule has 2 N–H and O–H groups in total. The zero-order chi connectivity index (χ0) is 19.0. The van der Waals surface area contributed by atoms with Gasteiger partial charge < -0.3 is 10.2 Å². The first-order valence-corrected chi connectivity index (χ1v) is 10.7. The van der Waals surface area contributed by atoms with Crippen LogP contribution >= 0.6 is 11.3 Å². The predicted octanol–water partition coefficient (Wildman–Crippen LogP) is 1.43. The van der Waals surface area contributed by atoms with Crippen LogP contribution in [-0.4, -0.2) is 51.7 Å². The number of nitrogens with one attached hydrogen (secondary N) is 2. The molecule has 27 heavy (non-hydrogen) atoms. The number of aryl methyl sites for hydroxylation is 1. The molecule has 0 saturated carbocycles. The van der Waals surface area contributed by atoms with E-state index in [2.05, 4.69) is 41.2 Å². The number of amides is 1. The van der Waals surface area contributed by atoms with E-state index < -0.39 is 0 Å². The normalized spacial score (nSPS) is 17.0. The minimum Gasteiger partial charge on any atom is -0.344 e. The zero-order valence-electron chi connectivity index (χ0n) is 16.2. The van der Waals surface area contributed by atoms with Crippen LogP contribution in [0, 0.1) is 0 Å². The number of likely N-dealkylation sites (N-methyl/N-ethyl adjacent to an activating group) is 1. The maximum atomic E-state index is 12.5. The molecule has 0 spiro atoms. The maximum absolute atomic E-state index is 12.5. The molecule has 0 bridgehead atoms. The summed E-state index contributed by atoms with van der Waals surface area (Å²) in [5.41, 5.74) is 2.12. The lowest BCUT2D eigenvalue weighted by Gasteiger charge is -2.18. The van der Waals surface area contributed by atoms with Crippen molar-refractivity contribution in [1.29, 1.82) is 0 Å². The minimum atomic E-state index is -0.212. The Balaban J connectivity index is 1.63. The lowest BCUT2D eigenvalue weighted by atomic mass is 9.87. The molecule has 0 saturated heterocycles. The van der Waals surface area contributed by atoms with Gasteiger partial charge in [0.05, 0.1) is 31.6 Å². The molecule has 7 nitrogen and oxygen atoms in total. The average molecular weight is 388 g/mol. The quantitative estimate of drug-likeness (QED) is 0.671. The van der Waals surface area contributed by atoms with Crippen LogP contribution < -0.4 is 10.2 Å². The highest BCUT2D eigenvalue weighted by atomic mass is 32.1. The number of carbonyl (C=O) groups is 1. The molecule has 0 aliphatic heterocycles. The molecule has 8 heteroatoms. The van der Waals surface area contributed by atoms with E-state index >= 15 is 0 Å². The van der Waals surface area contributed by atoms with Crippen molar-refractivity contribution in [3.05, 3.63) is 22.6 Å². The highest BCUT2D eigenvalue weighted by molar-refractivity contribution is 7.19. The molecule has 3 aromatic heterocycles. The van der Waals surface area contributed by atoms with Crippen molar-refractivity contribution in [1.82, 2.24) is 24.9 Å². The van der Waals surface area contributed by atoms with Gasteiger partial charge in [0, 0.05) is 4.88 Å². The van der Waals surface area contributed by atoms with Gasteiger partial charge in [0.25, 0.3) is 5.91 Å². The van der Waals surface area contributed by atoms with Crippen molar-refractivity contribution in [2.24, 2.45) is 0 Å². The molecule has 1 atom stereocenters. The highest BCUT2D eigenvalue weighted by Gasteiger charge is 2.26. The number of quaternary nitrogens is 1. The molecule has 1 aliphatic rings. The third-order valence-electron chi connectivity index (χ3n) is 5.64. The number of rotatable bonds is 6. The molecule has 3 heterocycles. The molecule has 1 amide bonds. The van der Waals surface area contributed by atoms with Crippen molar-refractivity contribution in [3.8, 4) is 0 Å². The van der Waals surface area contributed by atoms with E-state index in [4.69, 9.17) is 0 Å². The second kappa shape index (κ2) is 7.52. The van der Waals surface area contributed by atoms with Crippen molar-refractivity contribution in [2.75, 3.05) is 26.2 Å². The lowest BCUT2D eigenvalue weighted by Crippen LogP contribution is -3.12. The standard InChI is InChI=1S/C19H26N6OS/c1-4-24(5-2)10-9-20-18(26)16-22-17-15-14-12(3)7-6-8-13(14)27-19(15)21-11-25(17)23-16/h11-12H,4-10H2,1-3H3,(H,20,26)/p+1/t12-/m0/s1. The van der Waals surface area contributed by atoms with Gasteiger partial charge in [0.2, 0.25) is 5.82 Å². The average Bonchev–Trinajstić information content (AvgIpc) is 3.26. The second-order valence-corrected chi connectivity index (χ2v) is 8.41. The van der Waals surface area contributed by atoms with Gasteiger partial charge in [-0.1, -0.05) is 6.92 Å². The van der Waals surface area contributed by atoms with E-state index in [0.29, 0.717) is 12.5 Å². The fourth-order valence-electron chi connectivity index (χ4n) is 4.02. The van der Waals surface area contributed by atoms with E-state index in [0.717, 1.165) is 41.9 Å². The van der Waals surface area contributed by atoms with E-state index in [1.165, 1.54) is 28.2 Å². The Morgan fingerprint density at radius 2 is 2.22 bits per heavy atom. The zero-order valence-corrected chi connectivity index (χ0v) is 17.0. The summed E-state index contributed by atoms with van der Waals surface area (Å²) >= 11 is 1.76. The SMILES string of the molecule is CC[NH+](CC)CCNC(=O)c1nc2c3c4c(sc3ncn2n1)CCC[C@@H]4C. The Kier molecular flexibility index (Phi) is 5.10. The van der Waals surface area contributed by atoms with Gasteiger partial charge in [-0.3, -0.25) is 4.79 Å². The fraction of sp³-hybridized carbons (Fsp3) is 0.579. The highest BCUT2D eigenvalue weighted by Crippen LogP contribution is 2.42. The number of carbonyl (C=O) groups excluding carboxylic acids is 1. The molecule has 144 valence electrons. The summed E-state index contributed by atoms with van der Waals surface area (Å²) in [5, 5.41) is 8.43. The van der Waals surface area contributed by atoms with Crippen molar-refractivity contribution >= 4 is 33.1 Å². The Morgan fingerprint density at radius 3 is 3.00 bits per heavy atom. The second-order valence-electron chi connectivity index (χ2n) is 7.32. The Hall–Kier alpha value is -2.06. The molecule has 1 aliphatic carbocycles. The summed E-state index contributed by atoms with van der Waals surface area (Å²) in [5.74, 6) is 0.513. The Bertz CT molecular complexity index is 974. The first-order chi connectivity index (χ1) is 13.1. The van der Waals surface area contributed by atoms with E-state index in [9.17, 15) is 4.79 Å². The van der Waals surface area contributed by atoms with Crippen LogP contribution in [0.1, 0.15) is 60.6 Å². The molecular formula is C19H27N6OS+. The van der Waals surface area contributed by atoms with Crippen LogP contribution in [0.3, 0.4) is 0 Å². The lowest BCUT2D eigenvalue weighted by molar-refractivity contribution is -0.895. The van der Waals surface area contributed by atoms with Crippen molar-refractivity contribution < 1.29 is 9.69 Å². The topological polar surface area (TPSA) is 76.6 Å². The van der Waals surface area contributed by atoms with Gasteiger partial charge in [-0.2, -0.15) is 0 Å². The minimum absolute atomic E-state index is 0.212. The largest absolute Gasteiger partial charge is 0.344 e. The maximum Gasteiger partial charge on any atom is 0.291 e. The molecule has 0 aromatic carbocycles. The van der Waals surface area contributed by atoms with E-state index in [1.54, 1.807) is 22.2 Å². The molecule has 0 radical (unpaired) electrons. The molecule has 0 fully saturated rings. The molecule has 4 rings (SSSR count). The third kappa shape index (κ3) is 3.32. The van der Waals surface area contributed by atoms with E-state index in [-0.39, 0.29) is 11.7 Å². The number of nitrogens with zero attached hydrogens (tertiary/aromatic N) is 4. The first kappa shape index (κ1) is 18.3. The van der Waals surface area contributed by atoms with Gasteiger partial charge in [-0.05, 0) is 44.6 Å². The van der Waals surface area contributed by atoms with Crippen LogP contribution in [0.25, 0.3) is 15.9 Å². The van der Waals surface area contributed by atoms with Crippen molar-refractivity contribution in [3.63, 3.8) is 0 Å². The summed E-state index contributed by atoms with van der Waals surface area (Å²) in [6.07, 6.45) is 5.21. The van der Waals surface area contributed by atoms with Gasteiger partial charge in [-0.25, -0.2) is 14.5 Å². The van der Waals surface area contributed by atoms with Gasteiger partial charge >= 0.3 is 0 Å². The van der Waals surface area contributed by atoms with Gasteiger partial charge in [0.15, 0.2) is 5.65 Å². The van der Waals surface area contributed by atoms with Crippen LogP contribution in [0.2, 0.25) is 0 Å².